The Balaban J connectivity index is 2.62. The lowest BCUT2D eigenvalue weighted by Crippen LogP contribution is -2.29. The fraction of sp³-hybridized carbons (Fsp3) is 0.417. The van der Waals surface area contributed by atoms with E-state index in [1.807, 2.05) is 37.3 Å². The first-order valence-electron chi connectivity index (χ1n) is 5.09. The van der Waals surface area contributed by atoms with Crippen molar-refractivity contribution >= 4 is 5.97 Å². The molecule has 0 aliphatic carbocycles. The molecule has 0 saturated heterocycles. The van der Waals surface area contributed by atoms with Gasteiger partial charge in [0, 0.05) is 0 Å². The summed E-state index contributed by atoms with van der Waals surface area (Å²) < 4.78 is 5.55. The van der Waals surface area contributed by atoms with Crippen LogP contribution in [0.15, 0.2) is 30.3 Å². The third kappa shape index (κ3) is 3.27. The largest absolute Gasteiger partial charge is 0.490 e. The maximum absolute atomic E-state index is 10.9. The Morgan fingerprint density at radius 3 is 2.47 bits per heavy atom. The molecule has 82 valence electrons. The van der Waals surface area contributed by atoms with Crippen LogP contribution in [-0.4, -0.2) is 17.2 Å². The lowest BCUT2D eigenvalue weighted by atomic mass is 10.0. The van der Waals surface area contributed by atoms with Crippen molar-refractivity contribution < 1.29 is 14.6 Å². The smallest absolute Gasteiger partial charge is 0.310 e. The van der Waals surface area contributed by atoms with Crippen molar-refractivity contribution in [2.45, 2.75) is 26.4 Å². The molecule has 0 aliphatic rings. The Morgan fingerprint density at radius 2 is 2.00 bits per heavy atom. The number of hydrogen-bond donors (Lipinski definition) is 1. The molecule has 3 heteroatoms. The quantitative estimate of drug-likeness (QED) is 0.808. The van der Waals surface area contributed by atoms with Crippen LogP contribution in [0.4, 0.5) is 0 Å². The number of para-hydroxylation sites is 1. The van der Waals surface area contributed by atoms with E-state index in [1.54, 1.807) is 6.92 Å². The van der Waals surface area contributed by atoms with Crippen molar-refractivity contribution in [1.82, 2.24) is 0 Å². The Morgan fingerprint density at radius 1 is 1.40 bits per heavy atom. The predicted molar refractivity (Wildman–Crippen MR) is 57.9 cm³/mol. The van der Waals surface area contributed by atoms with Gasteiger partial charge in [-0.15, -0.1) is 0 Å². The van der Waals surface area contributed by atoms with Gasteiger partial charge >= 0.3 is 5.97 Å². The molecule has 0 spiro atoms. The summed E-state index contributed by atoms with van der Waals surface area (Å²) in [5.74, 6) is -0.546. The fourth-order valence-electron chi connectivity index (χ4n) is 1.50. The Kier molecular flexibility index (Phi) is 4.16. The topological polar surface area (TPSA) is 46.5 Å². The molecule has 2 unspecified atom stereocenters. The van der Waals surface area contributed by atoms with Crippen LogP contribution in [0.5, 0.6) is 5.75 Å². The van der Waals surface area contributed by atoms with Gasteiger partial charge in [-0.2, -0.15) is 0 Å². The first-order chi connectivity index (χ1) is 7.15. The number of hydrogen-bond acceptors (Lipinski definition) is 2. The van der Waals surface area contributed by atoms with Crippen molar-refractivity contribution in [3.05, 3.63) is 30.3 Å². The molecule has 15 heavy (non-hydrogen) atoms. The van der Waals surface area contributed by atoms with E-state index in [2.05, 4.69) is 0 Å². The zero-order valence-electron chi connectivity index (χ0n) is 9.01. The molecule has 1 aromatic rings. The van der Waals surface area contributed by atoms with Gasteiger partial charge in [0.15, 0.2) is 0 Å². The maximum Gasteiger partial charge on any atom is 0.310 e. The SMILES string of the molecule is CCC(C(=O)O)C(C)Oc1ccccc1. The molecule has 0 radical (unpaired) electrons. The number of ether oxygens (including phenoxy) is 1. The molecule has 0 bridgehead atoms. The highest BCUT2D eigenvalue weighted by molar-refractivity contribution is 5.70. The molecular weight excluding hydrogens is 192 g/mol. The van der Waals surface area contributed by atoms with Gasteiger partial charge in [0.2, 0.25) is 0 Å². The predicted octanol–water partition coefficient (Wildman–Crippen LogP) is 2.56. The van der Waals surface area contributed by atoms with Crippen LogP contribution in [0.25, 0.3) is 0 Å². The third-order valence-corrected chi connectivity index (χ3v) is 2.39. The van der Waals surface area contributed by atoms with E-state index in [0.29, 0.717) is 12.2 Å². The molecule has 0 heterocycles. The minimum absolute atomic E-state index is 0.310. The van der Waals surface area contributed by atoms with E-state index in [-0.39, 0.29) is 6.10 Å². The summed E-state index contributed by atoms with van der Waals surface area (Å²) in [5.41, 5.74) is 0. The monoisotopic (exact) mass is 208 g/mol. The second-order valence-electron chi connectivity index (χ2n) is 3.49. The van der Waals surface area contributed by atoms with Crippen molar-refractivity contribution in [2.75, 3.05) is 0 Å². The van der Waals surface area contributed by atoms with Crippen molar-refractivity contribution in [2.24, 2.45) is 5.92 Å². The zero-order chi connectivity index (χ0) is 11.3. The molecule has 0 aliphatic heterocycles. The van der Waals surface area contributed by atoms with Gasteiger partial charge in [-0.3, -0.25) is 4.79 Å². The maximum atomic E-state index is 10.9. The second-order valence-corrected chi connectivity index (χ2v) is 3.49. The van der Waals surface area contributed by atoms with E-state index in [4.69, 9.17) is 9.84 Å². The summed E-state index contributed by atoms with van der Waals surface area (Å²) in [6.07, 6.45) is 0.262. The van der Waals surface area contributed by atoms with Crippen molar-refractivity contribution in [3.63, 3.8) is 0 Å². The molecule has 1 N–H and O–H groups in total. The van der Waals surface area contributed by atoms with Gasteiger partial charge in [-0.25, -0.2) is 0 Å². The summed E-state index contributed by atoms with van der Waals surface area (Å²) >= 11 is 0. The minimum Gasteiger partial charge on any atom is -0.490 e. The number of rotatable bonds is 5. The molecule has 3 nitrogen and oxygen atoms in total. The Labute approximate surface area is 89.7 Å². The van der Waals surface area contributed by atoms with E-state index in [1.165, 1.54) is 0 Å². The summed E-state index contributed by atoms with van der Waals surface area (Å²) in [6, 6.07) is 9.27. The third-order valence-electron chi connectivity index (χ3n) is 2.39. The summed E-state index contributed by atoms with van der Waals surface area (Å²) in [7, 11) is 0. The molecule has 0 amide bonds. The number of carbonyl (C=O) groups is 1. The van der Waals surface area contributed by atoms with Gasteiger partial charge in [0.05, 0.1) is 5.92 Å². The lowest BCUT2D eigenvalue weighted by molar-refractivity contribution is -0.144. The molecule has 1 aromatic carbocycles. The van der Waals surface area contributed by atoms with Crippen molar-refractivity contribution in [1.29, 1.82) is 0 Å². The van der Waals surface area contributed by atoms with Crippen LogP contribution in [0.1, 0.15) is 20.3 Å². The average molecular weight is 208 g/mol. The van der Waals surface area contributed by atoms with E-state index < -0.39 is 11.9 Å². The molecule has 2 atom stereocenters. The molecule has 0 fully saturated rings. The van der Waals surface area contributed by atoms with Crippen LogP contribution in [0.3, 0.4) is 0 Å². The normalized spacial score (nSPS) is 14.3. The van der Waals surface area contributed by atoms with Crippen LogP contribution >= 0.6 is 0 Å². The van der Waals surface area contributed by atoms with E-state index >= 15 is 0 Å². The van der Waals surface area contributed by atoms with Gasteiger partial charge in [-0.1, -0.05) is 25.1 Å². The van der Waals surface area contributed by atoms with Crippen molar-refractivity contribution in [3.8, 4) is 5.75 Å². The average Bonchev–Trinajstić information content (AvgIpc) is 2.19. The number of benzene rings is 1. The molecule has 0 aromatic heterocycles. The highest BCUT2D eigenvalue weighted by Gasteiger charge is 2.24. The summed E-state index contributed by atoms with van der Waals surface area (Å²) in [5, 5.41) is 8.94. The van der Waals surface area contributed by atoms with Crippen LogP contribution in [0, 0.1) is 5.92 Å². The number of carboxylic acids is 1. The number of carboxylic acid groups (broad SMARTS) is 1. The molecule has 1 rings (SSSR count). The highest BCUT2D eigenvalue weighted by atomic mass is 16.5. The summed E-state index contributed by atoms with van der Waals surface area (Å²) in [4.78, 5) is 10.9. The number of aliphatic carboxylic acids is 1. The molecule has 0 saturated carbocycles. The highest BCUT2D eigenvalue weighted by Crippen LogP contribution is 2.17. The Bertz CT molecular complexity index is 308. The van der Waals surface area contributed by atoms with Gasteiger partial charge in [0.1, 0.15) is 11.9 Å². The van der Waals surface area contributed by atoms with Gasteiger partial charge < -0.3 is 9.84 Å². The zero-order valence-corrected chi connectivity index (χ0v) is 9.01. The first kappa shape index (κ1) is 11.6. The molecular formula is C12H16O3. The van der Waals surface area contributed by atoms with E-state index in [0.717, 1.165) is 0 Å². The standard InChI is InChI=1S/C12H16O3/c1-3-11(12(13)14)9(2)15-10-7-5-4-6-8-10/h4-9,11H,3H2,1-2H3,(H,13,14). The second kappa shape index (κ2) is 5.39. The summed E-state index contributed by atoms with van der Waals surface area (Å²) in [6.45, 7) is 3.64. The lowest BCUT2D eigenvalue weighted by Gasteiger charge is -2.20. The minimum atomic E-state index is -0.805. The first-order valence-corrected chi connectivity index (χ1v) is 5.09. The van der Waals surface area contributed by atoms with Gasteiger partial charge in [-0.05, 0) is 25.5 Å². The van der Waals surface area contributed by atoms with Gasteiger partial charge in [0.25, 0.3) is 0 Å². The fourth-order valence-corrected chi connectivity index (χ4v) is 1.50. The van der Waals surface area contributed by atoms with E-state index in [9.17, 15) is 4.79 Å². The van der Waals surface area contributed by atoms with Crippen LogP contribution in [0.2, 0.25) is 0 Å². The van der Waals surface area contributed by atoms with Crippen LogP contribution in [-0.2, 0) is 4.79 Å². The van der Waals surface area contributed by atoms with Crippen LogP contribution < -0.4 is 4.74 Å². The Hall–Kier alpha value is -1.51.